The third-order valence-electron chi connectivity index (χ3n) is 7.13. The van der Waals surface area contributed by atoms with Gasteiger partial charge in [-0.2, -0.15) is 43.5 Å². The minimum absolute atomic E-state index is 0.0417. The number of carbonyl (C=O) groups is 1. The summed E-state index contributed by atoms with van der Waals surface area (Å²) in [5.41, 5.74) is 0.450. The number of halogens is 8. The molecule has 2 aliphatic rings. The number of hydrogen-bond donors (Lipinski definition) is 1. The first kappa shape index (κ1) is 40.2. The highest BCUT2D eigenvalue weighted by atomic mass is 32.2. The SMILES string of the molecule is CCOCO[C@@H]1[C@H](OS(=O)(=O)C(F)(F)C(F)(F)OC(F)(F)C(F)(F)CCCCC(=O)NC)[C@H](OC)O[C@@H]2COC(c3ccccc3)O[C@@H]12. The monoisotopic (exact) mass is 733 g/mol. The third-order valence-corrected chi connectivity index (χ3v) is 8.47. The minimum Gasteiger partial charge on any atom is -0.359 e. The standard InChI is InChI=1S/C27H35F8NO11S/c1-4-41-15-43-20-19-17(14-42-22(45-19)16-10-6-5-7-11-16)44-23(40-3)21(20)46-48(38,39)27(34,35)26(32,33)47-25(30,31)24(28,29)13-9-8-12-18(37)36-2/h5-7,10-11,17,19-23H,4,8-9,12-15H2,1-3H3,(H,36,37)/t17-,19-,20+,21+,22?,23-/m1/s1. The largest absolute Gasteiger partial charge is 0.460 e. The molecular weight excluding hydrogens is 698 g/mol. The zero-order chi connectivity index (χ0) is 36.0. The first-order chi connectivity index (χ1) is 22.3. The summed E-state index contributed by atoms with van der Waals surface area (Å²) in [7, 11) is -4.97. The molecule has 2 saturated heterocycles. The summed E-state index contributed by atoms with van der Waals surface area (Å²) >= 11 is 0. The molecule has 12 nitrogen and oxygen atoms in total. The van der Waals surface area contributed by atoms with E-state index in [0.717, 1.165) is 7.11 Å². The van der Waals surface area contributed by atoms with Gasteiger partial charge in [-0.25, -0.2) is 4.74 Å². The number of amides is 1. The van der Waals surface area contributed by atoms with Crippen molar-refractivity contribution in [2.45, 2.75) is 93.0 Å². The second kappa shape index (κ2) is 16.2. The van der Waals surface area contributed by atoms with E-state index in [2.05, 4.69) is 14.2 Å². The molecule has 21 heteroatoms. The number of rotatable bonds is 18. The Hall–Kier alpha value is -2.24. The van der Waals surface area contributed by atoms with E-state index >= 15 is 0 Å². The molecule has 1 aromatic rings. The maximum atomic E-state index is 15.0. The number of unbranched alkanes of at least 4 members (excludes halogenated alkanes) is 1. The molecule has 2 aliphatic heterocycles. The molecule has 276 valence electrons. The third kappa shape index (κ3) is 9.10. The Morgan fingerprint density at radius 1 is 0.979 bits per heavy atom. The highest BCUT2D eigenvalue weighted by Gasteiger charge is 2.75. The smallest absolute Gasteiger partial charge is 0.359 e. The molecule has 6 atom stereocenters. The lowest BCUT2D eigenvalue weighted by Gasteiger charge is -2.48. The van der Waals surface area contributed by atoms with Crippen LogP contribution >= 0.6 is 0 Å². The van der Waals surface area contributed by atoms with E-state index in [1.807, 2.05) is 0 Å². The van der Waals surface area contributed by atoms with Crippen molar-refractivity contribution in [1.29, 1.82) is 0 Å². The molecule has 1 N–H and O–H groups in total. The van der Waals surface area contributed by atoms with Crippen molar-refractivity contribution in [1.82, 2.24) is 5.32 Å². The molecule has 1 amide bonds. The van der Waals surface area contributed by atoms with Crippen molar-refractivity contribution < 1.29 is 85.7 Å². The van der Waals surface area contributed by atoms with Gasteiger partial charge in [0.2, 0.25) is 5.91 Å². The Morgan fingerprint density at radius 2 is 1.65 bits per heavy atom. The van der Waals surface area contributed by atoms with E-state index < -0.39 is 109 Å². The number of nitrogens with one attached hydrogen (secondary N) is 1. The Kier molecular flexibility index (Phi) is 13.6. The summed E-state index contributed by atoms with van der Waals surface area (Å²) in [6, 6.07) is 8.12. The average molecular weight is 734 g/mol. The van der Waals surface area contributed by atoms with Gasteiger partial charge < -0.3 is 33.7 Å². The molecule has 0 saturated carbocycles. The predicted molar refractivity (Wildman–Crippen MR) is 144 cm³/mol. The summed E-state index contributed by atoms with van der Waals surface area (Å²) in [4.78, 5) is 11.2. The van der Waals surface area contributed by atoms with Crippen LogP contribution in [0, 0.1) is 0 Å². The first-order valence-electron chi connectivity index (χ1n) is 14.4. The number of ether oxygens (including phenoxy) is 7. The van der Waals surface area contributed by atoms with Gasteiger partial charge in [-0.3, -0.25) is 8.98 Å². The van der Waals surface area contributed by atoms with Gasteiger partial charge in [0.15, 0.2) is 18.7 Å². The van der Waals surface area contributed by atoms with Gasteiger partial charge in [-0.05, 0) is 19.8 Å². The molecule has 3 rings (SSSR count). The zero-order valence-corrected chi connectivity index (χ0v) is 26.5. The molecule has 48 heavy (non-hydrogen) atoms. The zero-order valence-electron chi connectivity index (χ0n) is 25.7. The van der Waals surface area contributed by atoms with E-state index in [9.17, 15) is 48.3 Å². The fraction of sp³-hybridized carbons (Fsp3) is 0.741. The van der Waals surface area contributed by atoms with Crippen molar-refractivity contribution in [3.05, 3.63) is 35.9 Å². The normalized spacial score (nSPS) is 25.8. The van der Waals surface area contributed by atoms with Gasteiger partial charge in [0.25, 0.3) is 0 Å². The molecule has 1 unspecified atom stereocenters. The molecule has 0 bridgehead atoms. The fourth-order valence-electron chi connectivity index (χ4n) is 4.57. The average Bonchev–Trinajstić information content (AvgIpc) is 3.03. The summed E-state index contributed by atoms with van der Waals surface area (Å²) in [6.07, 6.45) is -26.5. The number of methoxy groups -OCH3 is 1. The van der Waals surface area contributed by atoms with E-state index in [1.165, 1.54) is 14.0 Å². The summed E-state index contributed by atoms with van der Waals surface area (Å²) in [6.45, 7) is 0.687. The quantitative estimate of drug-likeness (QED) is 0.100. The Morgan fingerprint density at radius 3 is 2.25 bits per heavy atom. The van der Waals surface area contributed by atoms with Gasteiger partial charge >= 0.3 is 33.5 Å². The topological polar surface area (TPSA) is 137 Å². The molecule has 0 radical (unpaired) electrons. The van der Waals surface area contributed by atoms with Crippen LogP contribution in [0.15, 0.2) is 30.3 Å². The van der Waals surface area contributed by atoms with Gasteiger partial charge in [-0.15, -0.1) is 0 Å². The lowest BCUT2D eigenvalue weighted by molar-refractivity contribution is -0.457. The molecule has 0 spiro atoms. The van der Waals surface area contributed by atoms with Crippen LogP contribution in [0.5, 0.6) is 0 Å². The second-order valence-electron chi connectivity index (χ2n) is 10.4. The molecule has 0 aromatic heterocycles. The highest BCUT2D eigenvalue weighted by Crippen LogP contribution is 2.49. The predicted octanol–water partition coefficient (Wildman–Crippen LogP) is 4.30. The fourth-order valence-corrected chi connectivity index (χ4v) is 5.52. The van der Waals surface area contributed by atoms with Crippen LogP contribution in [0.2, 0.25) is 0 Å². The number of hydrogen-bond acceptors (Lipinski definition) is 11. The maximum absolute atomic E-state index is 15.0. The van der Waals surface area contributed by atoms with Gasteiger partial charge in [0.1, 0.15) is 25.1 Å². The Bertz CT molecular complexity index is 1300. The summed E-state index contributed by atoms with van der Waals surface area (Å²) < 4.78 is 181. The van der Waals surface area contributed by atoms with Crippen molar-refractivity contribution in [3.8, 4) is 0 Å². The number of benzene rings is 1. The molecule has 0 aliphatic carbocycles. The van der Waals surface area contributed by atoms with Crippen LogP contribution in [-0.2, 0) is 52.3 Å². The van der Waals surface area contributed by atoms with E-state index in [0.29, 0.717) is 5.56 Å². The van der Waals surface area contributed by atoms with Crippen LogP contribution in [0.4, 0.5) is 35.1 Å². The first-order valence-corrected chi connectivity index (χ1v) is 15.8. The van der Waals surface area contributed by atoms with Crippen molar-refractivity contribution in [3.63, 3.8) is 0 Å². The van der Waals surface area contributed by atoms with Gasteiger partial charge in [-0.1, -0.05) is 30.3 Å². The maximum Gasteiger partial charge on any atom is 0.460 e. The number of carbonyl (C=O) groups excluding carboxylic acids is 1. The van der Waals surface area contributed by atoms with Gasteiger partial charge in [0.05, 0.1) is 6.61 Å². The number of fused-ring (bicyclic) bond motifs is 1. The Balaban J connectivity index is 1.85. The summed E-state index contributed by atoms with van der Waals surface area (Å²) in [5, 5.41) is -4.57. The number of alkyl halides is 8. The van der Waals surface area contributed by atoms with Crippen LogP contribution < -0.4 is 5.32 Å². The van der Waals surface area contributed by atoms with E-state index in [-0.39, 0.29) is 13.2 Å². The highest BCUT2D eigenvalue weighted by molar-refractivity contribution is 7.87. The van der Waals surface area contributed by atoms with Gasteiger partial charge in [0, 0.05) is 39.2 Å². The van der Waals surface area contributed by atoms with E-state index in [4.69, 9.17) is 28.4 Å². The minimum atomic E-state index is -7.08. The second-order valence-corrected chi connectivity index (χ2v) is 12.1. The Labute approximate surface area is 270 Å². The van der Waals surface area contributed by atoms with Crippen molar-refractivity contribution >= 4 is 16.0 Å². The van der Waals surface area contributed by atoms with Crippen LogP contribution in [0.25, 0.3) is 0 Å². The molecular formula is C27H35F8NO11S. The lowest BCUT2D eigenvalue weighted by Crippen LogP contribution is -2.65. The molecule has 2 fully saturated rings. The summed E-state index contributed by atoms with van der Waals surface area (Å²) in [5.74, 6) is -6.14. The van der Waals surface area contributed by atoms with Crippen molar-refractivity contribution in [2.75, 3.05) is 34.2 Å². The molecule has 2 heterocycles. The van der Waals surface area contributed by atoms with E-state index in [1.54, 1.807) is 30.3 Å². The van der Waals surface area contributed by atoms with Crippen LogP contribution in [0.1, 0.15) is 44.5 Å². The van der Waals surface area contributed by atoms with Crippen LogP contribution in [0.3, 0.4) is 0 Å². The van der Waals surface area contributed by atoms with Crippen molar-refractivity contribution in [2.24, 2.45) is 0 Å². The lowest BCUT2D eigenvalue weighted by atomic mass is 9.97. The molecule has 1 aromatic carbocycles. The van der Waals surface area contributed by atoms with Crippen LogP contribution in [-0.4, -0.2) is 103 Å².